The lowest BCUT2D eigenvalue weighted by Gasteiger charge is -2.26. The van der Waals surface area contributed by atoms with Gasteiger partial charge in [0.15, 0.2) is 0 Å². The summed E-state index contributed by atoms with van der Waals surface area (Å²) in [5.41, 5.74) is 7.64. The highest BCUT2D eigenvalue weighted by molar-refractivity contribution is 5.88. The van der Waals surface area contributed by atoms with E-state index in [0.29, 0.717) is 12.0 Å². The second-order valence-corrected chi connectivity index (χ2v) is 8.24. The average Bonchev–Trinajstić information content (AvgIpc) is 3.26. The summed E-state index contributed by atoms with van der Waals surface area (Å²) in [7, 11) is 0. The highest BCUT2D eigenvalue weighted by Crippen LogP contribution is 2.26. The zero-order valence-electron chi connectivity index (χ0n) is 16.7. The number of likely N-dealkylation sites (tertiary alicyclic amines) is 1. The van der Waals surface area contributed by atoms with Gasteiger partial charge in [-0.3, -0.25) is 9.88 Å². The van der Waals surface area contributed by atoms with Crippen molar-refractivity contribution < 1.29 is 4.79 Å². The van der Waals surface area contributed by atoms with Crippen LogP contribution in [0.2, 0.25) is 0 Å². The Bertz CT molecular complexity index is 894. The lowest BCUT2D eigenvalue weighted by Crippen LogP contribution is -2.33. The summed E-state index contributed by atoms with van der Waals surface area (Å²) in [4.78, 5) is 30.4. The summed E-state index contributed by atoms with van der Waals surface area (Å²) < 4.78 is 1.49. The van der Waals surface area contributed by atoms with Crippen molar-refractivity contribution in [3.8, 4) is 5.69 Å². The summed E-state index contributed by atoms with van der Waals surface area (Å²) in [5, 5.41) is 2.71. The van der Waals surface area contributed by atoms with E-state index >= 15 is 0 Å². The molecule has 7 nitrogen and oxygen atoms in total. The largest absolute Gasteiger partial charge is 0.354 e. The van der Waals surface area contributed by atoms with Crippen molar-refractivity contribution in [2.75, 3.05) is 18.4 Å². The molecule has 2 aromatic rings. The van der Waals surface area contributed by atoms with Crippen molar-refractivity contribution in [2.24, 2.45) is 11.7 Å². The van der Waals surface area contributed by atoms with Crippen LogP contribution in [-0.2, 0) is 6.42 Å². The Hall–Kier alpha value is -2.67. The number of benzene rings is 1. The Morgan fingerprint density at radius 2 is 1.76 bits per heavy atom. The maximum absolute atomic E-state index is 12.5. The van der Waals surface area contributed by atoms with E-state index in [4.69, 9.17) is 5.73 Å². The third-order valence-electron chi connectivity index (χ3n) is 6.06. The smallest absolute Gasteiger partial charge is 0.328 e. The molecule has 1 aliphatic heterocycles. The molecule has 0 unspecified atom stereocenters. The van der Waals surface area contributed by atoms with E-state index in [1.807, 2.05) is 12.1 Å². The summed E-state index contributed by atoms with van der Waals surface area (Å²) in [6, 6.07) is 9.91. The number of nitrogens with two attached hydrogens (primary N) is 1. The minimum Gasteiger partial charge on any atom is -0.328 e. The van der Waals surface area contributed by atoms with Gasteiger partial charge in [-0.1, -0.05) is 12.1 Å². The number of nitrogens with one attached hydrogen (secondary N) is 1. The summed E-state index contributed by atoms with van der Waals surface area (Å²) in [6.45, 7) is 1.51. The third-order valence-corrected chi connectivity index (χ3v) is 6.06. The number of hydrogen-bond acceptors (Lipinski definition) is 4. The van der Waals surface area contributed by atoms with Crippen LogP contribution in [0.15, 0.2) is 41.3 Å². The predicted octanol–water partition coefficient (Wildman–Crippen LogP) is 2.92. The number of aromatic nitrogens is 2. The summed E-state index contributed by atoms with van der Waals surface area (Å²) in [6.07, 6.45) is 9.37. The van der Waals surface area contributed by atoms with Crippen LogP contribution in [0.4, 0.5) is 10.6 Å². The van der Waals surface area contributed by atoms with Crippen molar-refractivity contribution in [1.82, 2.24) is 14.5 Å². The van der Waals surface area contributed by atoms with E-state index < -0.39 is 5.69 Å². The molecule has 29 heavy (non-hydrogen) atoms. The molecule has 4 rings (SSSR count). The standard InChI is InChI=1S/C22H29N5O2/c23-18-7-3-16(4-8-18)15-17-5-9-19(10-6-17)27-14-11-20(25-22(27)29)24-21(28)26-12-1-2-13-26/h5-6,9-11,14,16,18H,1-4,7-8,12-13,15,23H2,(H,24,25,28,29). The van der Waals surface area contributed by atoms with Gasteiger partial charge in [-0.2, -0.15) is 4.98 Å². The minimum atomic E-state index is -0.404. The number of nitrogens with zero attached hydrogens (tertiary/aromatic N) is 3. The van der Waals surface area contributed by atoms with Crippen molar-refractivity contribution >= 4 is 11.8 Å². The fourth-order valence-electron chi connectivity index (χ4n) is 4.30. The normalized spacial score (nSPS) is 21.9. The average molecular weight is 396 g/mol. The molecule has 0 radical (unpaired) electrons. The van der Waals surface area contributed by atoms with Crippen LogP contribution in [0.1, 0.15) is 44.1 Å². The second-order valence-electron chi connectivity index (χ2n) is 8.24. The van der Waals surface area contributed by atoms with Gasteiger partial charge < -0.3 is 10.6 Å². The molecule has 0 bridgehead atoms. The van der Waals surface area contributed by atoms with Crippen molar-refractivity contribution in [3.05, 3.63) is 52.6 Å². The van der Waals surface area contributed by atoms with E-state index in [9.17, 15) is 9.59 Å². The van der Waals surface area contributed by atoms with Gasteiger partial charge >= 0.3 is 11.7 Å². The molecular weight excluding hydrogens is 366 g/mol. The maximum Gasteiger partial charge on any atom is 0.354 e. The van der Waals surface area contributed by atoms with Gasteiger partial charge in [0.05, 0.1) is 5.69 Å². The molecule has 3 N–H and O–H groups in total. The first-order chi connectivity index (χ1) is 14.1. The van der Waals surface area contributed by atoms with Gasteiger partial charge in [0, 0.05) is 25.3 Å². The first-order valence-corrected chi connectivity index (χ1v) is 10.6. The predicted molar refractivity (Wildman–Crippen MR) is 113 cm³/mol. The first-order valence-electron chi connectivity index (χ1n) is 10.6. The summed E-state index contributed by atoms with van der Waals surface area (Å²) in [5.74, 6) is 0.985. The van der Waals surface area contributed by atoms with E-state index in [2.05, 4.69) is 22.4 Å². The second kappa shape index (κ2) is 8.78. The molecule has 7 heteroatoms. The fraction of sp³-hybridized carbons (Fsp3) is 0.500. The zero-order valence-corrected chi connectivity index (χ0v) is 16.7. The monoisotopic (exact) mass is 395 g/mol. The van der Waals surface area contributed by atoms with Gasteiger partial charge in [0.1, 0.15) is 5.82 Å². The Labute approximate surface area is 170 Å². The van der Waals surface area contributed by atoms with E-state index in [0.717, 1.165) is 50.9 Å². The molecule has 154 valence electrons. The van der Waals surface area contributed by atoms with Crippen molar-refractivity contribution in [3.63, 3.8) is 0 Å². The van der Waals surface area contributed by atoms with Crippen LogP contribution in [-0.4, -0.2) is 39.6 Å². The fourth-order valence-corrected chi connectivity index (χ4v) is 4.30. The Kier molecular flexibility index (Phi) is 5.94. The SMILES string of the molecule is NC1CCC(Cc2ccc(-n3ccc(NC(=O)N4CCCC4)nc3=O)cc2)CC1. The quantitative estimate of drug-likeness (QED) is 0.832. The number of hydrogen-bond donors (Lipinski definition) is 2. The van der Waals surface area contributed by atoms with Crippen LogP contribution in [0.25, 0.3) is 5.69 Å². The molecule has 1 saturated carbocycles. The molecule has 1 aromatic heterocycles. The molecule has 0 atom stereocenters. The molecule has 2 heterocycles. The molecular formula is C22H29N5O2. The Morgan fingerprint density at radius 1 is 1.07 bits per heavy atom. The number of anilines is 1. The number of carbonyl (C=O) groups is 1. The molecule has 1 aromatic carbocycles. The topological polar surface area (TPSA) is 93.2 Å². The molecule has 1 saturated heterocycles. The van der Waals surface area contributed by atoms with E-state index in [-0.39, 0.29) is 11.8 Å². The van der Waals surface area contributed by atoms with Crippen LogP contribution < -0.4 is 16.7 Å². The Morgan fingerprint density at radius 3 is 2.41 bits per heavy atom. The Balaban J connectivity index is 1.40. The van der Waals surface area contributed by atoms with Crippen molar-refractivity contribution in [1.29, 1.82) is 0 Å². The van der Waals surface area contributed by atoms with Gasteiger partial charge in [0.25, 0.3) is 0 Å². The molecule has 2 fully saturated rings. The van der Waals surface area contributed by atoms with E-state index in [1.54, 1.807) is 17.2 Å². The number of amides is 2. The lowest BCUT2D eigenvalue weighted by molar-refractivity contribution is 0.222. The number of carbonyl (C=O) groups excluding carboxylic acids is 1. The van der Waals surface area contributed by atoms with Crippen LogP contribution in [0.3, 0.4) is 0 Å². The van der Waals surface area contributed by atoms with Gasteiger partial charge in [-0.15, -0.1) is 0 Å². The van der Waals surface area contributed by atoms with Crippen LogP contribution in [0.5, 0.6) is 0 Å². The third kappa shape index (κ3) is 4.85. The highest BCUT2D eigenvalue weighted by atomic mass is 16.2. The summed E-state index contributed by atoms with van der Waals surface area (Å²) >= 11 is 0. The van der Waals surface area contributed by atoms with Gasteiger partial charge in [0.2, 0.25) is 0 Å². The minimum absolute atomic E-state index is 0.194. The van der Waals surface area contributed by atoms with Crippen LogP contribution >= 0.6 is 0 Å². The zero-order chi connectivity index (χ0) is 20.2. The van der Waals surface area contributed by atoms with Crippen LogP contribution in [0, 0.1) is 5.92 Å². The lowest BCUT2D eigenvalue weighted by atomic mass is 9.83. The number of urea groups is 1. The molecule has 1 aliphatic carbocycles. The van der Waals surface area contributed by atoms with Gasteiger partial charge in [-0.05, 0) is 74.6 Å². The number of rotatable bonds is 4. The molecule has 2 amide bonds. The first kappa shape index (κ1) is 19.6. The molecule has 0 spiro atoms. The van der Waals surface area contributed by atoms with E-state index in [1.165, 1.54) is 23.0 Å². The maximum atomic E-state index is 12.5. The highest BCUT2D eigenvalue weighted by Gasteiger charge is 2.19. The van der Waals surface area contributed by atoms with Crippen molar-refractivity contribution in [2.45, 2.75) is 51.0 Å². The van der Waals surface area contributed by atoms with Gasteiger partial charge in [-0.25, -0.2) is 9.59 Å². The molecule has 2 aliphatic rings.